The first-order valence-electron chi connectivity index (χ1n) is 9.19. The number of hydrogen-bond acceptors (Lipinski definition) is 3. The van der Waals surface area contributed by atoms with Crippen molar-refractivity contribution in [2.45, 2.75) is 50.2 Å². The molecule has 1 aromatic rings. The van der Waals surface area contributed by atoms with E-state index in [1.54, 1.807) is 0 Å². The van der Waals surface area contributed by atoms with Crippen LogP contribution in [0, 0.1) is 0 Å². The first kappa shape index (κ1) is 20.5. The fourth-order valence-corrected chi connectivity index (χ4v) is 3.88. The summed E-state index contributed by atoms with van der Waals surface area (Å²) in [6.45, 7) is 2.23. The highest BCUT2D eigenvalue weighted by atomic mass is 35.5. The van der Waals surface area contributed by atoms with Gasteiger partial charge in [0.05, 0.1) is 0 Å². The quantitative estimate of drug-likeness (QED) is 0.731. The summed E-state index contributed by atoms with van der Waals surface area (Å²) < 4.78 is 0. The molecule has 0 spiro atoms. The van der Waals surface area contributed by atoms with Crippen molar-refractivity contribution in [3.8, 4) is 0 Å². The van der Waals surface area contributed by atoms with Gasteiger partial charge in [-0.3, -0.25) is 4.79 Å². The molecule has 3 amide bonds. The van der Waals surface area contributed by atoms with Gasteiger partial charge in [0.15, 0.2) is 0 Å². The summed E-state index contributed by atoms with van der Waals surface area (Å²) in [7, 11) is 1.86. The lowest BCUT2D eigenvalue weighted by Crippen LogP contribution is -2.61. The minimum absolute atomic E-state index is 0. The van der Waals surface area contributed by atoms with Gasteiger partial charge in [-0.15, -0.1) is 12.4 Å². The lowest BCUT2D eigenvalue weighted by Gasteiger charge is -2.35. The topological polar surface area (TPSA) is 73.5 Å². The van der Waals surface area contributed by atoms with Crippen LogP contribution in [-0.2, 0) is 11.3 Å². The molecule has 2 aliphatic rings. The van der Waals surface area contributed by atoms with Gasteiger partial charge in [0.1, 0.15) is 5.54 Å². The van der Waals surface area contributed by atoms with Crippen LogP contribution in [0.15, 0.2) is 30.3 Å². The Kier molecular flexibility index (Phi) is 7.29. The molecule has 0 bridgehead atoms. The lowest BCUT2D eigenvalue weighted by molar-refractivity contribution is -0.138. The third kappa shape index (κ3) is 4.68. The maximum absolute atomic E-state index is 13.1. The van der Waals surface area contributed by atoms with Crippen LogP contribution in [0.1, 0.15) is 37.7 Å². The Labute approximate surface area is 161 Å². The highest BCUT2D eigenvalue weighted by Gasteiger charge is 2.45. The van der Waals surface area contributed by atoms with Gasteiger partial charge in [-0.05, 0) is 31.4 Å². The van der Waals surface area contributed by atoms with Crippen LogP contribution < -0.4 is 16.0 Å². The Morgan fingerprint density at radius 2 is 1.92 bits per heavy atom. The van der Waals surface area contributed by atoms with Crippen LogP contribution in [0.4, 0.5) is 4.79 Å². The predicted molar refractivity (Wildman–Crippen MR) is 104 cm³/mol. The number of amides is 3. The van der Waals surface area contributed by atoms with Crippen LogP contribution >= 0.6 is 12.4 Å². The van der Waals surface area contributed by atoms with Gasteiger partial charge < -0.3 is 20.9 Å². The SMILES string of the molecule is CN(C(=O)C1(NC(=O)NCc2ccccc2)CCCC1)C1CCNC1.Cl. The first-order valence-corrected chi connectivity index (χ1v) is 9.19. The smallest absolute Gasteiger partial charge is 0.315 e. The number of urea groups is 1. The molecule has 1 atom stereocenters. The van der Waals surface area contributed by atoms with E-state index in [1.165, 1.54) is 0 Å². The number of carbonyl (C=O) groups is 2. The summed E-state index contributed by atoms with van der Waals surface area (Å²) in [5.74, 6) is 0.0496. The number of carbonyl (C=O) groups excluding carboxylic acids is 2. The number of benzene rings is 1. The average Bonchev–Trinajstić information content (AvgIpc) is 3.32. The molecular weight excluding hydrogens is 352 g/mol. The molecule has 144 valence electrons. The molecule has 3 rings (SSSR count). The fraction of sp³-hybridized carbons (Fsp3) is 0.579. The Morgan fingerprint density at radius 1 is 1.23 bits per heavy atom. The largest absolute Gasteiger partial charge is 0.339 e. The molecule has 7 heteroatoms. The number of halogens is 1. The Balaban J connectivity index is 0.00000243. The average molecular weight is 381 g/mol. The van der Waals surface area contributed by atoms with Gasteiger partial charge in [0.25, 0.3) is 0 Å². The molecule has 26 heavy (non-hydrogen) atoms. The van der Waals surface area contributed by atoms with Crippen LogP contribution in [0.2, 0.25) is 0 Å². The highest BCUT2D eigenvalue weighted by Crippen LogP contribution is 2.32. The van der Waals surface area contributed by atoms with E-state index in [2.05, 4.69) is 16.0 Å². The fourth-order valence-electron chi connectivity index (χ4n) is 3.88. The molecule has 1 aliphatic heterocycles. The first-order chi connectivity index (χ1) is 12.1. The van der Waals surface area contributed by atoms with Gasteiger partial charge in [-0.2, -0.15) is 0 Å². The van der Waals surface area contributed by atoms with E-state index in [4.69, 9.17) is 0 Å². The second-order valence-electron chi connectivity index (χ2n) is 7.15. The van der Waals surface area contributed by atoms with Gasteiger partial charge in [0.2, 0.25) is 5.91 Å². The molecule has 3 N–H and O–H groups in total. The van der Waals surface area contributed by atoms with Crippen molar-refractivity contribution in [2.24, 2.45) is 0 Å². The molecule has 1 aliphatic carbocycles. The maximum Gasteiger partial charge on any atom is 0.315 e. The number of nitrogens with one attached hydrogen (secondary N) is 3. The summed E-state index contributed by atoms with van der Waals surface area (Å²) in [5, 5.41) is 9.18. The van der Waals surface area contributed by atoms with E-state index < -0.39 is 5.54 Å². The third-order valence-corrected chi connectivity index (χ3v) is 5.42. The highest BCUT2D eigenvalue weighted by molar-refractivity contribution is 5.91. The second-order valence-corrected chi connectivity index (χ2v) is 7.15. The van der Waals surface area contributed by atoms with Gasteiger partial charge in [-0.1, -0.05) is 43.2 Å². The van der Waals surface area contributed by atoms with Crippen molar-refractivity contribution in [3.63, 3.8) is 0 Å². The number of rotatable bonds is 5. The molecule has 0 radical (unpaired) electrons. The molecule has 1 saturated heterocycles. The van der Waals surface area contributed by atoms with Crippen LogP contribution in [0.25, 0.3) is 0 Å². The van der Waals surface area contributed by atoms with Gasteiger partial charge >= 0.3 is 6.03 Å². The van der Waals surface area contributed by atoms with E-state index in [-0.39, 0.29) is 30.4 Å². The summed E-state index contributed by atoms with van der Waals surface area (Å²) in [6, 6.07) is 9.73. The third-order valence-electron chi connectivity index (χ3n) is 5.42. The summed E-state index contributed by atoms with van der Waals surface area (Å²) in [5.41, 5.74) is 0.288. The summed E-state index contributed by atoms with van der Waals surface area (Å²) >= 11 is 0. The molecule has 1 heterocycles. The van der Waals surface area contributed by atoms with Crippen molar-refractivity contribution < 1.29 is 9.59 Å². The van der Waals surface area contributed by atoms with Crippen molar-refractivity contribution in [1.29, 1.82) is 0 Å². The zero-order valence-corrected chi connectivity index (χ0v) is 16.1. The van der Waals surface area contributed by atoms with E-state index in [0.29, 0.717) is 6.54 Å². The van der Waals surface area contributed by atoms with Crippen molar-refractivity contribution in [2.75, 3.05) is 20.1 Å². The number of nitrogens with zero attached hydrogens (tertiary/aromatic N) is 1. The molecule has 2 fully saturated rings. The van der Waals surface area contributed by atoms with Crippen LogP contribution in [-0.4, -0.2) is 48.6 Å². The van der Waals surface area contributed by atoms with E-state index >= 15 is 0 Å². The molecule has 1 saturated carbocycles. The summed E-state index contributed by atoms with van der Waals surface area (Å²) in [4.78, 5) is 27.4. The molecule has 1 unspecified atom stereocenters. The van der Waals surface area contributed by atoms with Crippen LogP contribution in [0.5, 0.6) is 0 Å². The standard InChI is InChI=1S/C19H28N4O2.ClH/c1-23(16-9-12-20-14-16)17(24)19(10-5-6-11-19)22-18(25)21-13-15-7-3-2-4-8-15;/h2-4,7-8,16,20H,5-6,9-14H2,1H3,(H2,21,22,25);1H. The predicted octanol–water partition coefficient (Wildman–Crippen LogP) is 2.04. The second kappa shape index (κ2) is 9.24. The number of likely N-dealkylation sites (N-methyl/N-ethyl adjacent to an activating group) is 1. The zero-order valence-electron chi connectivity index (χ0n) is 15.3. The molecule has 0 aromatic heterocycles. The maximum atomic E-state index is 13.1. The molecular formula is C19H29ClN4O2. The normalized spacial score (nSPS) is 20.9. The van der Waals surface area contributed by atoms with E-state index in [9.17, 15) is 9.59 Å². The monoisotopic (exact) mass is 380 g/mol. The zero-order chi connectivity index (χ0) is 17.7. The van der Waals surface area contributed by atoms with E-state index in [0.717, 1.165) is 50.8 Å². The lowest BCUT2D eigenvalue weighted by atomic mass is 9.95. The van der Waals surface area contributed by atoms with Gasteiger partial charge in [0, 0.05) is 26.2 Å². The Hall–Kier alpha value is -1.79. The Bertz CT molecular complexity index is 599. The van der Waals surface area contributed by atoms with Crippen molar-refractivity contribution in [1.82, 2.24) is 20.9 Å². The minimum Gasteiger partial charge on any atom is -0.339 e. The molecule has 1 aromatic carbocycles. The van der Waals surface area contributed by atoms with Crippen molar-refractivity contribution >= 4 is 24.3 Å². The Morgan fingerprint density at radius 3 is 2.54 bits per heavy atom. The van der Waals surface area contributed by atoms with Crippen LogP contribution in [0.3, 0.4) is 0 Å². The van der Waals surface area contributed by atoms with Crippen molar-refractivity contribution in [3.05, 3.63) is 35.9 Å². The van der Waals surface area contributed by atoms with Gasteiger partial charge in [-0.25, -0.2) is 4.79 Å². The molecule has 6 nitrogen and oxygen atoms in total. The van der Waals surface area contributed by atoms with E-state index in [1.807, 2.05) is 42.3 Å². The number of hydrogen-bond donors (Lipinski definition) is 3. The summed E-state index contributed by atoms with van der Waals surface area (Å²) in [6.07, 6.45) is 4.35. The minimum atomic E-state index is -0.752.